The SMILES string of the molecule is CCNCc1cn(CC(=O)N2CCCCCC2)cn1. The normalized spacial score (nSPS) is 16.4. The highest BCUT2D eigenvalue weighted by Crippen LogP contribution is 2.10. The van der Waals surface area contributed by atoms with E-state index in [1.807, 2.05) is 15.7 Å². The van der Waals surface area contributed by atoms with Crippen molar-refractivity contribution in [1.29, 1.82) is 0 Å². The lowest BCUT2D eigenvalue weighted by Gasteiger charge is -2.20. The van der Waals surface area contributed by atoms with E-state index in [1.54, 1.807) is 6.33 Å². The fraction of sp³-hybridized carbons (Fsp3) is 0.714. The van der Waals surface area contributed by atoms with Crippen LogP contribution in [0.2, 0.25) is 0 Å². The molecule has 0 atom stereocenters. The zero-order valence-corrected chi connectivity index (χ0v) is 11.8. The molecule has 1 aromatic heterocycles. The van der Waals surface area contributed by atoms with Crippen molar-refractivity contribution in [3.05, 3.63) is 18.2 Å². The van der Waals surface area contributed by atoms with Gasteiger partial charge in [-0.3, -0.25) is 4.79 Å². The van der Waals surface area contributed by atoms with E-state index in [1.165, 1.54) is 12.8 Å². The summed E-state index contributed by atoms with van der Waals surface area (Å²) in [5, 5.41) is 3.23. The Bertz CT molecular complexity index is 394. The van der Waals surface area contributed by atoms with Gasteiger partial charge in [0, 0.05) is 25.8 Å². The molecule has 1 N–H and O–H groups in total. The first kappa shape index (κ1) is 14.1. The minimum atomic E-state index is 0.217. The minimum Gasteiger partial charge on any atom is -0.341 e. The van der Waals surface area contributed by atoms with Crippen molar-refractivity contribution in [3.63, 3.8) is 0 Å². The smallest absolute Gasteiger partial charge is 0.242 e. The summed E-state index contributed by atoms with van der Waals surface area (Å²) in [7, 11) is 0. The van der Waals surface area contributed by atoms with Crippen LogP contribution < -0.4 is 5.32 Å². The van der Waals surface area contributed by atoms with Gasteiger partial charge in [-0.05, 0) is 19.4 Å². The summed E-state index contributed by atoms with van der Waals surface area (Å²) in [6, 6.07) is 0. The minimum absolute atomic E-state index is 0.217. The Morgan fingerprint density at radius 1 is 1.32 bits per heavy atom. The lowest BCUT2D eigenvalue weighted by molar-refractivity contribution is -0.131. The van der Waals surface area contributed by atoms with E-state index in [2.05, 4.69) is 17.2 Å². The maximum atomic E-state index is 12.2. The van der Waals surface area contributed by atoms with E-state index in [9.17, 15) is 4.79 Å². The third-order valence-electron chi connectivity index (χ3n) is 3.52. The average molecular weight is 264 g/mol. The van der Waals surface area contributed by atoms with Gasteiger partial charge in [-0.15, -0.1) is 0 Å². The largest absolute Gasteiger partial charge is 0.341 e. The molecule has 0 bridgehead atoms. The van der Waals surface area contributed by atoms with Crippen LogP contribution in [0.5, 0.6) is 0 Å². The number of aromatic nitrogens is 2. The summed E-state index contributed by atoms with van der Waals surface area (Å²) >= 11 is 0. The lowest BCUT2D eigenvalue weighted by Crippen LogP contribution is -2.34. The van der Waals surface area contributed by atoms with Gasteiger partial charge in [0.2, 0.25) is 5.91 Å². The van der Waals surface area contributed by atoms with Crippen LogP contribution in [0.4, 0.5) is 0 Å². The molecule has 1 saturated heterocycles. The second-order valence-electron chi connectivity index (χ2n) is 5.11. The molecular formula is C14H24N4O. The van der Waals surface area contributed by atoms with Gasteiger partial charge >= 0.3 is 0 Å². The molecule has 0 aromatic carbocycles. The molecule has 0 unspecified atom stereocenters. The summed E-state index contributed by atoms with van der Waals surface area (Å²) in [5.41, 5.74) is 0.991. The Labute approximate surface area is 115 Å². The highest BCUT2D eigenvalue weighted by atomic mass is 16.2. The van der Waals surface area contributed by atoms with Crippen LogP contribution in [-0.4, -0.2) is 40.0 Å². The van der Waals surface area contributed by atoms with E-state index >= 15 is 0 Å². The first-order valence-corrected chi connectivity index (χ1v) is 7.28. The standard InChI is InChI=1S/C14H24N4O/c1-2-15-9-13-10-17(12-16-13)11-14(19)18-7-5-3-4-6-8-18/h10,12,15H,2-9,11H2,1H3. The van der Waals surface area contributed by atoms with Gasteiger partial charge < -0.3 is 14.8 Å². The van der Waals surface area contributed by atoms with Crippen molar-refractivity contribution in [2.45, 2.75) is 45.7 Å². The van der Waals surface area contributed by atoms with E-state index in [4.69, 9.17) is 0 Å². The summed E-state index contributed by atoms with van der Waals surface area (Å²) < 4.78 is 1.89. The Morgan fingerprint density at radius 2 is 2.05 bits per heavy atom. The fourth-order valence-corrected chi connectivity index (χ4v) is 2.41. The van der Waals surface area contributed by atoms with Crippen LogP contribution in [0, 0.1) is 0 Å². The zero-order valence-electron chi connectivity index (χ0n) is 11.8. The molecule has 1 aliphatic heterocycles. The number of carbonyl (C=O) groups is 1. The molecule has 0 aliphatic carbocycles. The van der Waals surface area contributed by atoms with Crippen LogP contribution in [0.15, 0.2) is 12.5 Å². The number of nitrogens with zero attached hydrogens (tertiary/aromatic N) is 3. The molecule has 0 saturated carbocycles. The molecule has 2 heterocycles. The van der Waals surface area contributed by atoms with E-state index < -0.39 is 0 Å². The zero-order chi connectivity index (χ0) is 13.5. The number of carbonyl (C=O) groups excluding carboxylic acids is 1. The molecule has 1 aliphatic rings. The van der Waals surface area contributed by atoms with E-state index in [0.29, 0.717) is 6.54 Å². The molecular weight excluding hydrogens is 240 g/mol. The monoisotopic (exact) mass is 264 g/mol. The second kappa shape index (κ2) is 7.28. The van der Waals surface area contributed by atoms with Gasteiger partial charge in [0.05, 0.1) is 12.0 Å². The molecule has 5 heteroatoms. The van der Waals surface area contributed by atoms with Gasteiger partial charge in [-0.2, -0.15) is 0 Å². The Balaban J connectivity index is 1.85. The van der Waals surface area contributed by atoms with Gasteiger partial charge in [0.25, 0.3) is 0 Å². The molecule has 1 aromatic rings. The lowest BCUT2D eigenvalue weighted by atomic mass is 10.2. The quantitative estimate of drug-likeness (QED) is 0.874. The predicted molar refractivity (Wildman–Crippen MR) is 74.7 cm³/mol. The highest BCUT2D eigenvalue weighted by Gasteiger charge is 2.15. The number of nitrogens with one attached hydrogen (secondary N) is 1. The number of hydrogen-bond donors (Lipinski definition) is 1. The number of rotatable bonds is 5. The second-order valence-corrected chi connectivity index (χ2v) is 5.11. The summed E-state index contributed by atoms with van der Waals surface area (Å²) in [4.78, 5) is 18.5. The van der Waals surface area contributed by atoms with Gasteiger partial charge in [0.1, 0.15) is 6.54 Å². The van der Waals surface area contributed by atoms with E-state index in [-0.39, 0.29) is 5.91 Å². The van der Waals surface area contributed by atoms with Crippen molar-refractivity contribution >= 4 is 5.91 Å². The summed E-state index contributed by atoms with van der Waals surface area (Å²) in [5.74, 6) is 0.217. The summed E-state index contributed by atoms with van der Waals surface area (Å²) in [6.07, 6.45) is 8.49. The van der Waals surface area contributed by atoms with Gasteiger partial charge in [-0.25, -0.2) is 4.98 Å². The number of likely N-dealkylation sites (tertiary alicyclic amines) is 1. The number of amides is 1. The van der Waals surface area contributed by atoms with Crippen molar-refractivity contribution in [2.75, 3.05) is 19.6 Å². The Morgan fingerprint density at radius 3 is 2.74 bits per heavy atom. The maximum absolute atomic E-state index is 12.2. The van der Waals surface area contributed by atoms with Crippen LogP contribution in [0.3, 0.4) is 0 Å². The first-order chi connectivity index (χ1) is 9.29. The van der Waals surface area contributed by atoms with Crippen LogP contribution >= 0.6 is 0 Å². The van der Waals surface area contributed by atoms with E-state index in [0.717, 1.165) is 44.7 Å². The third kappa shape index (κ3) is 4.35. The fourth-order valence-electron chi connectivity index (χ4n) is 2.41. The molecule has 0 spiro atoms. The Hall–Kier alpha value is -1.36. The van der Waals surface area contributed by atoms with Crippen LogP contribution in [-0.2, 0) is 17.9 Å². The molecule has 5 nitrogen and oxygen atoms in total. The molecule has 1 amide bonds. The number of hydrogen-bond acceptors (Lipinski definition) is 3. The van der Waals surface area contributed by atoms with Crippen LogP contribution in [0.25, 0.3) is 0 Å². The van der Waals surface area contributed by atoms with Crippen molar-refractivity contribution in [2.24, 2.45) is 0 Å². The maximum Gasteiger partial charge on any atom is 0.242 e. The molecule has 0 radical (unpaired) electrons. The molecule has 2 rings (SSSR count). The molecule has 106 valence electrons. The average Bonchev–Trinajstić information content (AvgIpc) is 2.68. The van der Waals surface area contributed by atoms with Gasteiger partial charge in [0.15, 0.2) is 0 Å². The first-order valence-electron chi connectivity index (χ1n) is 7.28. The highest BCUT2D eigenvalue weighted by molar-refractivity contribution is 5.76. The molecule has 1 fully saturated rings. The third-order valence-corrected chi connectivity index (χ3v) is 3.52. The predicted octanol–water partition coefficient (Wildman–Crippen LogP) is 1.40. The Kier molecular flexibility index (Phi) is 5.39. The van der Waals surface area contributed by atoms with Crippen LogP contribution in [0.1, 0.15) is 38.3 Å². The summed E-state index contributed by atoms with van der Waals surface area (Å²) in [6.45, 7) is 6.01. The number of imidazole rings is 1. The van der Waals surface area contributed by atoms with Gasteiger partial charge in [-0.1, -0.05) is 19.8 Å². The van der Waals surface area contributed by atoms with Crippen molar-refractivity contribution < 1.29 is 4.79 Å². The van der Waals surface area contributed by atoms with Crippen molar-refractivity contribution in [3.8, 4) is 0 Å². The topological polar surface area (TPSA) is 50.2 Å². The molecule has 19 heavy (non-hydrogen) atoms. The van der Waals surface area contributed by atoms with Crippen molar-refractivity contribution in [1.82, 2.24) is 19.8 Å².